The van der Waals surface area contributed by atoms with Gasteiger partial charge < -0.3 is 54.5 Å². The van der Waals surface area contributed by atoms with Crippen LogP contribution < -0.4 is 5.32 Å². The summed E-state index contributed by atoms with van der Waals surface area (Å²) in [6, 6.07) is 9.26. The molecule has 2 heterocycles. The summed E-state index contributed by atoms with van der Waals surface area (Å²) in [6.07, 6.45) is -4.46. The van der Waals surface area contributed by atoms with Crippen molar-refractivity contribution in [3.63, 3.8) is 0 Å². The number of amides is 1. The average Bonchev–Trinajstić information content (AvgIpc) is 3.10. The normalized spacial score (nSPS) is 39.3. The van der Waals surface area contributed by atoms with Crippen molar-refractivity contribution in [2.24, 2.45) is 17.8 Å². The van der Waals surface area contributed by atoms with E-state index in [0.29, 0.717) is 25.9 Å². The Kier molecular flexibility index (Phi) is 17.2. The van der Waals surface area contributed by atoms with Crippen molar-refractivity contribution >= 4 is 12.1 Å². The number of nitrogens with one attached hydrogen (secondary N) is 1. The van der Waals surface area contributed by atoms with Gasteiger partial charge in [-0.1, -0.05) is 51.1 Å². The molecule has 3 rings (SSSR count). The van der Waals surface area contributed by atoms with Crippen molar-refractivity contribution in [2.45, 2.75) is 160 Å². The largest absolute Gasteiger partial charge is 0.459 e. The molecule has 14 atom stereocenters. The summed E-state index contributed by atoms with van der Waals surface area (Å²) in [5.41, 5.74) is -2.19. The van der Waals surface area contributed by atoms with E-state index in [1.54, 1.807) is 34.6 Å². The first-order valence-electron chi connectivity index (χ1n) is 19.9. The fourth-order valence-corrected chi connectivity index (χ4v) is 8.39. The number of benzene rings is 1. The number of carbonyl (C=O) groups excluding carboxylic acids is 2. The van der Waals surface area contributed by atoms with E-state index in [2.05, 4.69) is 17.4 Å². The number of hydrogen-bond donors (Lipinski definition) is 5. The zero-order chi connectivity index (χ0) is 40.5. The van der Waals surface area contributed by atoms with Crippen LogP contribution in [0.1, 0.15) is 93.1 Å². The Balaban J connectivity index is 2.01. The van der Waals surface area contributed by atoms with E-state index in [1.165, 1.54) is 12.5 Å². The van der Waals surface area contributed by atoms with Crippen LogP contribution in [-0.4, -0.2) is 143 Å². The first kappa shape index (κ1) is 46.0. The maximum atomic E-state index is 14.0. The van der Waals surface area contributed by atoms with Crippen molar-refractivity contribution in [3.05, 3.63) is 35.9 Å². The van der Waals surface area contributed by atoms with Gasteiger partial charge in [0.05, 0.1) is 23.7 Å². The number of esters is 1. The second kappa shape index (κ2) is 20.2. The molecule has 54 heavy (non-hydrogen) atoms. The number of carbonyl (C=O) groups is 2. The smallest absolute Gasteiger partial charge is 0.407 e. The lowest BCUT2D eigenvalue weighted by molar-refractivity contribution is -0.299. The van der Waals surface area contributed by atoms with Gasteiger partial charge in [0.2, 0.25) is 0 Å². The summed E-state index contributed by atoms with van der Waals surface area (Å²) >= 11 is 0. The number of hydrogen-bond acceptors (Lipinski definition) is 12. The molecule has 1 amide bonds. The molecule has 2 aliphatic heterocycles. The van der Waals surface area contributed by atoms with Gasteiger partial charge in [0.15, 0.2) is 6.29 Å². The predicted molar refractivity (Wildman–Crippen MR) is 207 cm³/mol. The second-order valence-electron chi connectivity index (χ2n) is 16.9. The van der Waals surface area contributed by atoms with Crippen molar-refractivity contribution in [1.29, 1.82) is 0 Å². The first-order valence-corrected chi connectivity index (χ1v) is 19.9. The van der Waals surface area contributed by atoms with E-state index >= 15 is 0 Å². The molecule has 1 aromatic carbocycles. The molecule has 1 aromatic rings. The molecule has 0 spiro atoms. The SMILES string of the molecule is CC[C@H]1OC(=O)[C@H](C)[C@@H](OC(=O)NCCCCc2ccccc2)[C@H](C)[C@@H](O[C@@H]2O[C@H](C)C[C@H](N(C)C)[C@H]2O)[C@](C)(O)C[C@@H](C)CN(C)[C@H](C)[C@@H](O)[C@]1(C)O. The monoisotopic (exact) mass is 766 g/mol. The van der Waals surface area contributed by atoms with Crippen molar-refractivity contribution in [1.82, 2.24) is 15.1 Å². The number of rotatable bonds is 10. The Bertz CT molecular complexity index is 1300. The lowest BCUT2D eigenvalue weighted by atomic mass is 9.77. The quantitative estimate of drug-likeness (QED) is 0.173. The van der Waals surface area contributed by atoms with Crippen LogP contribution >= 0.6 is 0 Å². The number of nitrogens with zero attached hydrogens (tertiary/aromatic N) is 2. The third kappa shape index (κ3) is 12.1. The summed E-state index contributed by atoms with van der Waals surface area (Å²) in [5, 5.41) is 49.8. The number of alkyl carbamates (subject to hydrolysis) is 1. The number of unbranched alkanes of at least 4 members (excludes halogenated alkanes) is 1. The van der Waals surface area contributed by atoms with Crippen molar-refractivity contribution in [3.8, 4) is 0 Å². The Labute approximate surface area is 323 Å². The highest BCUT2D eigenvalue weighted by molar-refractivity contribution is 5.74. The highest BCUT2D eigenvalue weighted by Crippen LogP contribution is 2.37. The molecule has 310 valence electrons. The summed E-state index contributed by atoms with van der Waals surface area (Å²) in [7, 11) is 5.58. The Morgan fingerprint density at radius 2 is 1.70 bits per heavy atom. The third-order valence-corrected chi connectivity index (χ3v) is 11.7. The Hall–Kier alpha value is -2.36. The lowest BCUT2D eigenvalue weighted by Gasteiger charge is -2.47. The molecule has 0 aliphatic carbocycles. The minimum absolute atomic E-state index is 0.158. The molecule has 0 saturated carbocycles. The van der Waals surface area contributed by atoms with Crippen LogP contribution in [0.3, 0.4) is 0 Å². The van der Waals surface area contributed by atoms with Crippen LogP contribution in [0.2, 0.25) is 0 Å². The summed E-state index contributed by atoms with van der Waals surface area (Å²) < 4.78 is 24.8. The van der Waals surface area contributed by atoms with Crippen LogP contribution in [-0.2, 0) is 30.2 Å². The van der Waals surface area contributed by atoms with Crippen LogP contribution in [0, 0.1) is 17.8 Å². The van der Waals surface area contributed by atoms with Gasteiger partial charge in [0.1, 0.15) is 30.0 Å². The van der Waals surface area contributed by atoms with Gasteiger partial charge >= 0.3 is 12.1 Å². The molecule has 2 aliphatic rings. The maximum absolute atomic E-state index is 14.0. The third-order valence-electron chi connectivity index (χ3n) is 11.7. The fraction of sp³-hybridized carbons (Fsp3) is 0.805. The Morgan fingerprint density at radius 1 is 1.06 bits per heavy atom. The predicted octanol–water partition coefficient (Wildman–Crippen LogP) is 3.73. The van der Waals surface area contributed by atoms with E-state index in [9.17, 15) is 30.0 Å². The standard InChI is InChI=1S/C41H71N3O10/c1-12-32-41(8,50)35(46)29(6)44(11)24-25(2)23-40(7,49)36(54-38-33(45)31(43(9)10)22-26(3)51-38)27(4)34(28(5)37(47)52-32)53-39(48)42-21-17-16-20-30-18-14-13-15-19-30/h13-15,18-19,25-29,31-36,38,45-46,49-50H,12,16-17,20-24H2,1-11H3,(H,42,48)/t25-,26-,27+,28-,29-,31+,32-,33-,34+,35-,36-,38+,40-,41-/m1/s1. The number of aliphatic hydroxyl groups excluding tert-OH is 2. The van der Waals surface area contributed by atoms with Gasteiger partial charge in [-0.25, -0.2) is 4.79 Å². The number of cyclic esters (lactones) is 1. The van der Waals surface area contributed by atoms with E-state index < -0.39 is 78.0 Å². The Morgan fingerprint density at radius 3 is 2.31 bits per heavy atom. The van der Waals surface area contributed by atoms with Gasteiger partial charge in [-0.2, -0.15) is 0 Å². The second-order valence-corrected chi connectivity index (χ2v) is 16.9. The van der Waals surface area contributed by atoms with Gasteiger partial charge in [-0.3, -0.25) is 4.79 Å². The van der Waals surface area contributed by atoms with Crippen LogP contribution in [0.5, 0.6) is 0 Å². The molecule has 0 unspecified atom stereocenters. The first-order chi connectivity index (χ1) is 25.2. The van der Waals surface area contributed by atoms with Gasteiger partial charge in [-0.05, 0) is 106 Å². The zero-order valence-corrected chi connectivity index (χ0v) is 34.6. The minimum atomic E-state index is -1.81. The van der Waals surface area contributed by atoms with Crippen LogP contribution in [0.25, 0.3) is 0 Å². The molecular formula is C41H71N3O10. The van der Waals surface area contributed by atoms with Gasteiger partial charge in [-0.15, -0.1) is 0 Å². The van der Waals surface area contributed by atoms with Crippen molar-refractivity contribution < 1.29 is 49.0 Å². The van der Waals surface area contributed by atoms with E-state index in [-0.39, 0.29) is 30.9 Å². The number of aliphatic hydroxyl groups is 4. The van der Waals surface area contributed by atoms with Crippen molar-refractivity contribution in [2.75, 3.05) is 34.2 Å². The topological polar surface area (TPSA) is 170 Å². The minimum Gasteiger partial charge on any atom is -0.459 e. The molecule has 0 bridgehead atoms. The van der Waals surface area contributed by atoms with Crippen LogP contribution in [0.15, 0.2) is 30.3 Å². The fourth-order valence-electron chi connectivity index (χ4n) is 8.39. The summed E-state index contributed by atoms with van der Waals surface area (Å²) in [6.45, 7) is 14.6. The zero-order valence-electron chi connectivity index (χ0n) is 34.6. The number of likely N-dealkylation sites (N-methyl/N-ethyl adjacent to an activating group) is 2. The molecular weight excluding hydrogens is 694 g/mol. The molecule has 2 saturated heterocycles. The van der Waals surface area contributed by atoms with E-state index in [1.807, 2.05) is 63.0 Å². The maximum Gasteiger partial charge on any atom is 0.407 e. The summed E-state index contributed by atoms with van der Waals surface area (Å²) in [5.74, 6) is -2.84. The number of aryl methyl sites for hydroxylation is 1. The summed E-state index contributed by atoms with van der Waals surface area (Å²) in [4.78, 5) is 31.4. The van der Waals surface area contributed by atoms with Gasteiger partial charge in [0.25, 0.3) is 0 Å². The van der Waals surface area contributed by atoms with Gasteiger partial charge in [0, 0.05) is 31.1 Å². The number of ether oxygens (including phenoxy) is 4. The molecule has 0 radical (unpaired) electrons. The molecule has 13 nitrogen and oxygen atoms in total. The molecule has 13 heteroatoms. The molecule has 5 N–H and O–H groups in total. The average molecular weight is 766 g/mol. The molecule has 0 aromatic heterocycles. The van der Waals surface area contributed by atoms with E-state index in [4.69, 9.17) is 18.9 Å². The lowest BCUT2D eigenvalue weighted by Crippen LogP contribution is -2.59. The van der Waals surface area contributed by atoms with E-state index in [0.717, 1.165) is 12.8 Å². The molecule has 2 fully saturated rings. The highest BCUT2D eigenvalue weighted by Gasteiger charge is 2.51. The van der Waals surface area contributed by atoms with Crippen LogP contribution in [0.4, 0.5) is 4.79 Å². The highest BCUT2D eigenvalue weighted by atomic mass is 16.7.